The van der Waals surface area contributed by atoms with Crippen LogP contribution in [-0.4, -0.2) is 18.2 Å². The zero-order chi connectivity index (χ0) is 13.0. The molecule has 0 radical (unpaired) electrons. The first-order valence-electron chi connectivity index (χ1n) is 6.78. The standard InChI is InChI=1S/C15H22FNO/c1-12(2)17-10-9-15(7-4-8-15)18-14-6-3-5-13(16)11-14/h3,5-6,11-12,17H,4,7-10H2,1-2H3. The monoisotopic (exact) mass is 251 g/mol. The van der Waals surface area contributed by atoms with Crippen molar-refractivity contribution in [1.29, 1.82) is 0 Å². The van der Waals surface area contributed by atoms with Crippen molar-refractivity contribution in [3.63, 3.8) is 0 Å². The van der Waals surface area contributed by atoms with Gasteiger partial charge in [0.05, 0.1) is 0 Å². The van der Waals surface area contributed by atoms with Crippen LogP contribution in [0.15, 0.2) is 24.3 Å². The molecule has 0 aliphatic heterocycles. The number of rotatable bonds is 6. The van der Waals surface area contributed by atoms with E-state index < -0.39 is 0 Å². The maximum atomic E-state index is 13.1. The summed E-state index contributed by atoms with van der Waals surface area (Å²) in [4.78, 5) is 0. The van der Waals surface area contributed by atoms with Gasteiger partial charge in [-0.15, -0.1) is 0 Å². The summed E-state index contributed by atoms with van der Waals surface area (Å²) < 4.78 is 19.2. The summed E-state index contributed by atoms with van der Waals surface area (Å²) in [6.07, 6.45) is 4.34. The van der Waals surface area contributed by atoms with Gasteiger partial charge in [0.25, 0.3) is 0 Å². The Balaban J connectivity index is 1.91. The molecule has 0 aromatic heterocycles. The minimum absolute atomic E-state index is 0.0737. The molecule has 1 aromatic rings. The van der Waals surface area contributed by atoms with E-state index in [1.807, 2.05) is 6.07 Å². The molecule has 100 valence electrons. The predicted molar refractivity (Wildman–Crippen MR) is 71.4 cm³/mol. The molecule has 0 spiro atoms. The van der Waals surface area contributed by atoms with E-state index in [1.165, 1.54) is 18.6 Å². The second kappa shape index (κ2) is 5.70. The SMILES string of the molecule is CC(C)NCCC1(Oc2cccc(F)c2)CCC1. The first-order chi connectivity index (χ1) is 8.60. The molecule has 1 fully saturated rings. The third-order valence-corrected chi connectivity index (χ3v) is 3.53. The van der Waals surface area contributed by atoms with Crippen molar-refractivity contribution in [2.75, 3.05) is 6.54 Å². The summed E-state index contributed by atoms with van der Waals surface area (Å²) in [5.41, 5.74) is -0.0737. The number of benzene rings is 1. The van der Waals surface area contributed by atoms with Crippen molar-refractivity contribution in [2.45, 2.75) is 51.2 Å². The summed E-state index contributed by atoms with van der Waals surface area (Å²) in [5, 5.41) is 3.41. The zero-order valence-corrected chi connectivity index (χ0v) is 11.2. The lowest BCUT2D eigenvalue weighted by Gasteiger charge is -2.42. The molecule has 1 saturated carbocycles. The molecule has 0 unspecified atom stereocenters. The molecule has 1 aliphatic rings. The molecule has 1 aliphatic carbocycles. The molecule has 1 aromatic carbocycles. The fraction of sp³-hybridized carbons (Fsp3) is 0.600. The van der Waals surface area contributed by atoms with E-state index in [-0.39, 0.29) is 11.4 Å². The van der Waals surface area contributed by atoms with E-state index in [0.717, 1.165) is 25.8 Å². The lowest BCUT2D eigenvalue weighted by molar-refractivity contribution is -0.0147. The Bertz CT molecular complexity index is 388. The second-order valence-corrected chi connectivity index (χ2v) is 5.45. The average Bonchev–Trinajstić information content (AvgIpc) is 2.25. The minimum Gasteiger partial charge on any atom is -0.487 e. The second-order valence-electron chi connectivity index (χ2n) is 5.45. The number of hydrogen-bond acceptors (Lipinski definition) is 2. The number of nitrogens with one attached hydrogen (secondary N) is 1. The molecular weight excluding hydrogens is 229 g/mol. The fourth-order valence-electron chi connectivity index (χ4n) is 2.34. The molecular formula is C15H22FNO. The van der Waals surface area contributed by atoms with Gasteiger partial charge in [0, 0.05) is 12.1 Å². The van der Waals surface area contributed by atoms with Gasteiger partial charge < -0.3 is 10.1 Å². The molecule has 0 bridgehead atoms. The van der Waals surface area contributed by atoms with Gasteiger partial charge >= 0.3 is 0 Å². The normalized spacial score (nSPS) is 17.6. The van der Waals surface area contributed by atoms with Gasteiger partial charge in [-0.3, -0.25) is 0 Å². The van der Waals surface area contributed by atoms with Gasteiger partial charge in [-0.05, 0) is 44.4 Å². The van der Waals surface area contributed by atoms with Crippen molar-refractivity contribution < 1.29 is 9.13 Å². The van der Waals surface area contributed by atoms with E-state index in [4.69, 9.17) is 4.74 Å². The van der Waals surface area contributed by atoms with E-state index in [9.17, 15) is 4.39 Å². The third-order valence-electron chi connectivity index (χ3n) is 3.53. The number of hydrogen-bond donors (Lipinski definition) is 1. The van der Waals surface area contributed by atoms with Crippen LogP contribution in [0.4, 0.5) is 4.39 Å². The smallest absolute Gasteiger partial charge is 0.126 e. The highest BCUT2D eigenvalue weighted by atomic mass is 19.1. The topological polar surface area (TPSA) is 21.3 Å². The van der Waals surface area contributed by atoms with E-state index in [1.54, 1.807) is 6.07 Å². The Morgan fingerprint density at radius 3 is 2.72 bits per heavy atom. The summed E-state index contributed by atoms with van der Waals surface area (Å²) >= 11 is 0. The largest absolute Gasteiger partial charge is 0.487 e. The number of ether oxygens (including phenoxy) is 1. The highest BCUT2D eigenvalue weighted by Crippen LogP contribution is 2.39. The van der Waals surface area contributed by atoms with Gasteiger partial charge in [0.2, 0.25) is 0 Å². The predicted octanol–water partition coefficient (Wildman–Crippen LogP) is 3.52. The van der Waals surface area contributed by atoms with Crippen molar-refractivity contribution >= 4 is 0 Å². The lowest BCUT2D eigenvalue weighted by Crippen LogP contribution is -2.45. The zero-order valence-electron chi connectivity index (χ0n) is 11.2. The van der Waals surface area contributed by atoms with Crippen LogP contribution >= 0.6 is 0 Å². The summed E-state index contributed by atoms with van der Waals surface area (Å²) in [6.45, 7) is 5.23. The van der Waals surface area contributed by atoms with Crippen molar-refractivity contribution in [1.82, 2.24) is 5.32 Å². The van der Waals surface area contributed by atoms with Crippen molar-refractivity contribution in [3.05, 3.63) is 30.1 Å². The maximum absolute atomic E-state index is 13.1. The highest BCUT2D eigenvalue weighted by Gasteiger charge is 2.38. The van der Waals surface area contributed by atoms with E-state index in [2.05, 4.69) is 19.2 Å². The van der Waals surface area contributed by atoms with Crippen LogP contribution in [0.2, 0.25) is 0 Å². The lowest BCUT2D eigenvalue weighted by atomic mass is 9.77. The Kier molecular flexibility index (Phi) is 4.23. The Morgan fingerprint density at radius 1 is 1.39 bits per heavy atom. The molecule has 0 saturated heterocycles. The quantitative estimate of drug-likeness (QED) is 0.835. The Morgan fingerprint density at radius 2 is 2.17 bits per heavy atom. The van der Waals surface area contributed by atoms with Crippen molar-refractivity contribution in [3.8, 4) is 5.75 Å². The van der Waals surface area contributed by atoms with Crippen LogP contribution in [0.25, 0.3) is 0 Å². The molecule has 3 heteroatoms. The molecule has 2 nitrogen and oxygen atoms in total. The molecule has 1 N–H and O–H groups in total. The van der Waals surface area contributed by atoms with E-state index >= 15 is 0 Å². The van der Waals surface area contributed by atoms with Gasteiger partial charge in [-0.1, -0.05) is 19.9 Å². The summed E-state index contributed by atoms with van der Waals surface area (Å²) in [5.74, 6) is 0.418. The molecule has 0 amide bonds. The van der Waals surface area contributed by atoms with Crippen LogP contribution in [0.5, 0.6) is 5.75 Å². The Hall–Kier alpha value is -1.09. The summed E-state index contributed by atoms with van der Waals surface area (Å²) in [6, 6.07) is 6.94. The molecule has 18 heavy (non-hydrogen) atoms. The van der Waals surface area contributed by atoms with Crippen LogP contribution < -0.4 is 10.1 Å². The minimum atomic E-state index is -0.234. The highest BCUT2D eigenvalue weighted by molar-refractivity contribution is 5.24. The average molecular weight is 251 g/mol. The van der Waals surface area contributed by atoms with Gasteiger partial charge in [-0.25, -0.2) is 4.39 Å². The maximum Gasteiger partial charge on any atom is 0.126 e. The van der Waals surface area contributed by atoms with Gasteiger partial charge in [-0.2, -0.15) is 0 Å². The molecule has 0 atom stereocenters. The van der Waals surface area contributed by atoms with Crippen LogP contribution in [0.1, 0.15) is 39.5 Å². The first kappa shape index (κ1) is 13.3. The van der Waals surface area contributed by atoms with Crippen LogP contribution in [0.3, 0.4) is 0 Å². The van der Waals surface area contributed by atoms with Crippen molar-refractivity contribution in [2.24, 2.45) is 0 Å². The van der Waals surface area contributed by atoms with Crippen LogP contribution in [-0.2, 0) is 0 Å². The van der Waals surface area contributed by atoms with E-state index in [0.29, 0.717) is 11.8 Å². The molecule has 2 rings (SSSR count). The van der Waals surface area contributed by atoms with Gasteiger partial charge in [0.15, 0.2) is 0 Å². The Labute approximate surface area is 109 Å². The third kappa shape index (κ3) is 3.45. The molecule has 0 heterocycles. The van der Waals surface area contributed by atoms with Crippen LogP contribution in [0, 0.1) is 5.82 Å². The van der Waals surface area contributed by atoms with Gasteiger partial charge in [0.1, 0.15) is 17.2 Å². The first-order valence-corrected chi connectivity index (χ1v) is 6.78. The number of halogens is 1. The fourth-order valence-corrected chi connectivity index (χ4v) is 2.34. The summed E-state index contributed by atoms with van der Waals surface area (Å²) in [7, 11) is 0.